The zero-order valence-electron chi connectivity index (χ0n) is 13.4. The summed E-state index contributed by atoms with van der Waals surface area (Å²) in [6.07, 6.45) is 0.0988. The van der Waals surface area contributed by atoms with Crippen LogP contribution in [0.25, 0.3) is 0 Å². The molecule has 0 spiro atoms. The molecule has 0 bridgehead atoms. The summed E-state index contributed by atoms with van der Waals surface area (Å²) in [5.74, 6) is -0.640. The quantitative estimate of drug-likeness (QED) is 0.628. The second-order valence-electron chi connectivity index (χ2n) is 5.61. The third-order valence-corrected chi connectivity index (χ3v) is 5.94. The maximum absolute atomic E-state index is 12.6. The van der Waals surface area contributed by atoms with Crippen molar-refractivity contribution in [3.63, 3.8) is 0 Å². The molecular formula is C18H14Br2N2O3S. The first-order valence-electron chi connectivity index (χ1n) is 7.73. The van der Waals surface area contributed by atoms with Crippen LogP contribution >= 0.6 is 43.6 Å². The molecule has 3 rings (SSSR count). The van der Waals surface area contributed by atoms with Gasteiger partial charge < -0.3 is 5.32 Å². The van der Waals surface area contributed by atoms with Gasteiger partial charge in [-0.1, -0.05) is 37.9 Å². The molecule has 0 unspecified atom stereocenters. The molecule has 26 heavy (non-hydrogen) atoms. The molecule has 8 heteroatoms. The monoisotopic (exact) mass is 496 g/mol. The Morgan fingerprint density at radius 1 is 1.12 bits per heavy atom. The van der Waals surface area contributed by atoms with Crippen molar-refractivity contribution in [3.8, 4) is 0 Å². The normalized spacial score (nSPS) is 16.8. The summed E-state index contributed by atoms with van der Waals surface area (Å²) < 4.78 is 1.72. The summed E-state index contributed by atoms with van der Waals surface area (Å²) in [5.41, 5.74) is 1.22. The Labute approximate surface area is 171 Å². The van der Waals surface area contributed by atoms with Crippen molar-refractivity contribution >= 4 is 72.7 Å². The molecule has 1 N–H and O–H groups in total. The van der Waals surface area contributed by atoms with Crippen LogP contribution in [0.5, 0.6) is 0 Å². The van der Waals surface area contributed by atoms with Crippen LogP contribution in [0.15, 0.2) is 57.5 Å². The summed E-state index contributed by atoms with van der Waals surface area (Å²) in [7, 11) is 0. The number of nitrogens with one attached hydrogen (secondary N) is 1. The molecule has 1 aliphatic heterocycles. The predicted octanol–water partition coefficient (Wildman–Crippen LogP) is 4.22. The van der Waals surface area contributed by atoms with Gasteiger partial charge in [0.15, 0.2) is 0 Å². The molecule has 0 aromatic heterocycles. The topological polar surface area (TPSA) is 66.5 Å². The number of anilines is 2. The number of imide groups is 1. The first-order valence-corrected chi connectivity index (χ1v) is 10.4. The Morgan fingerprint density at radius 2 is 1.85 bits per heavy atom. The molecule has 2 aromatic rings. The van der Waals surface area contributed by atoms with Crippen LogP contribution in [-0.4, -0.2) is 28.7 Å². The molecule has 0 saturated carbocycles. The van der Waals surface area contributed by atoms with Crippen LogP contribution in [0.4, 0.5) is 11.4 Å². The van der Waals surface area contributed by atoms with Crippen LogP contribution in [0.2, 0.25) is 0 Å². The third kappa shape index (κ3) is 4.55. The average molecular weight is 498 g/mol. The van der Waals surface area contributed by atoms with E-state index < -0.39 is 5.25 Å². The highest BCUT2D eigenvalue weighted by molar-refractivity contribution is 9.10. The minimum atomic E-state index is -0.544. The van der Waals surface area contributed by atoms with E-state index in [0.29, 0.717) is 11.4 Å². The number of amides is 3. The molecule has 0 aliphatic carbocycles. The summed E-state index contributed by atoms with van der Waals surface area (Å²) in [4.78, 5) is 38.1. The number of thioether (sulfide) groups is 1. The van der Waals surface area contributed by atoms with E-state index in [1.54, 1.807) is 30.3 Å². The maximum atomic E-state index is 12.6. The number of carbonyl (C=O) groups is 3. The lowest BCUT2D eigenvalue weighted by atomic mass is 10.3. The molecule has 1 atom stereocenters. The number of hydrogen-bond acceptors (Lipinski definition) is 4. The highest BCUT2D eigenvalue weighted by Gasteiger charge is 2.40. The van der Waals surface area contributed by atoms with E-state index in [9.17, 15) is 14.4 Å². The van der Waals surface area contributed by atoms with Crippen LogP contribution in [0, 0.1) is 0 Å². The van der Waals surface area contributed by atoms with Gasteiger partial charge in [0.05, 0.1) is 16.7 Å². The van der Waals surface area contributed by atoms with E-state index in [4.69, 9.17) is 0 Å². The average Bonchev–Trinajstić information content (AvgIpc) is 2.89. The van der Waals surface area contributed by atoms with Gasteiger partial charge >= 0.3 is 0 Å². The van der Waals surface area contributed by atoms with Crippen molar-refractivity contribution in [2.45, 2.75) is 11.7 Å². The molecule has 1 aliphatic rings. The Kier molecular flexibility index (Phi) is 6.16. The lowest BCUT2D eigenvalue weighted by Gasteiger charge is -2.15. The van der Waals surface area contributed by atoms with E-state index in [-0.39, 0.29) is 29.9 Å². The van der Waals surface area contributed by atoms with E-state index >= 15 is 0 Å². The Morgan fingerprint density at radius 3 is 2.54 bits per heavy atom. The molecule has 5 nitrogen and oxygen atoms in total. The van der Waals surface area contributed by atoms with Gasteiger partial charge in [0.25, 0.3) is 0 Å². The maximum Gasteiger partial charge on any atom is 0.247 e. The first-order chi connectivity index (χ1) is 12.4. The van der Waals surface area contributed by atoms with E-state index in [0.717, 1.165) is 8.95 Å². The van der Waals surface area contributed by atoms with E-state index in [2.05, 4.69) is 37.2 Å². The fraction of sp³-hybridized carbons (Fsp3) is 0.167. The molecule has 134 valence electrons. The summed E-state index contributed by atoms with van der Waals surface area (Å²) in [5, 5.41) is 2.23. The lowest BCUT2D eigenvalue weighted by Crippen LogP contribution is -2.31. The van der Waals surface area contributed by atoms with E-state index in [1.165, 1.54) is 16.7 Å². The molecule has 3 amide bonds. The number of halogens is 2. The minimum Gasteiger partial charge on any atom is -0.325 e. The van der Waals surface area contributed by atoms with Crippen LogP contribution in [-0.2, 0) is 14.4 Å². The van der Waals surface area contributed by atoms with Crippen LogP contribution in [0.1, 0.15) is 6.42 Å². The lowest BCUT2D eigenvalue weighted by molar-refractivity contribution is -0.121. The van der Waals surface area contributed by atoms with Gasteiger partial charge in [0, 0.05) is 21.1 Å². The highest BCUT2D eigenvalue weighted by Crippen LogP contribution is 2.31. The second-order valence-corrected chi connectivity index (χ2v) is 8.63. The Balaban J connectivity index is 1.59. The van der Waals surface area contributed by atoms with Crippen molar-refractivity contribution in [1.29, 1.82) is 0 Å². The van der Waals surface area contributed by atoms with Gasteiger partial charge in [-0.15, -0.1) is 11.8 Å². The van der Waals surface area contributed by atoms with Crippen molar-refractivity contribution in [2.24, 2.45) is 0 Å². The molecule has 1 fully saturated rings. The number of benzene rings is 2. The molecule has 2 aromatic carbocycles. The molecule has 1 saturated heterocycles. The fourth-order valence-electron chi connectivity index (χ4n) is 2.53. The van der Waals surface area contributed by atoms with Crippen molar-refractivity contribution in [1.82, 2.24) is 0 Å². The van der Waals surface area contributed by atoms with Gasteiger partial charge in [-0.05, 0) is 42.5 Å². The number of rotatable bonds is 5. The van der Waals surface area contributed by atoms with Gasteiger partial charge in [-0.3, -0.25) is 14.4 Å². The van der Waals surface area contributed by atoms with Gasteiger partial charge in [-0.2, -0.15) is 0 Å². The van der Waals surface area contributed by atoms with Crippen LogP contribution in [0.3, 0.4) is 0 Å². The summed E-state index contributed by atoms with van der Waals surface area (Å²) in [6, 6.07) is 14.3. The standard InChI is InChI=1S/C18H14Br2N2O3S/c19-11-4-6-13(7-5-11)21-16(23)10-26-15-9-17(24)22(18(15)25)14-3-1-2-12(20)8-14/h1-8,15H,9-10H2,(H,21,23)/t15-/m0/s1. The van der Waals surface area contributed by atoms with Gasteiger partial charge in [0.1, 0.15) is 0 Å². The van der Waals surface area contributed by atoms with Crippen molar-refractivity contribution < 1.29 is 14.4 Å². The number of carbonyl (C=O) groups excluding carboxylic acids is 3. The first kappa shape index (κ1) is 19.1. The summed E-state index contributed by atoms with van der Waals surface area (Å²) in [6.45, 7) is 0. The summed E-state index contributed by atoms with van der Waals surface area (Å²) >= 11 is 7.86. The number of nitrogens with zero attached hydrogens (tertiary/aromatic N) is 1. The van der Waals surface area contributed by atoms with Crippen molar-refractivity contribution in [2.75, 3.05) is 16.0 Å². The minimum absolute atomic E-state index is 0.0988. The predicted molar refractivity (Wildman–Crippen MR) is 110 cm³/mol. The van der Waals surface area contributed by atoms with Crippen molar-refractivity contribution in [3.05, 3.63) is 57.5 Å². The van der Waals surface area contributed by atoms with Gasteiger partial charge in [0.2, 0.25) is 17.7 Å². The highest BCUT2D eigenvalue weighted by atomic mass is 79.9. The fourth-order valence-corrected chi connectivity index (χ4v) is 4.11. The molecular weight excluding hydrogens is 484 g/mol. The second kappa shape index (κ2) is 8.37. The number of hydrogen-bond donors (Lipinski definition) is 1. The smallest absolute Gasteiger partial charge is 0.247 e. The molecule has 0 radical (unpaired) electrons. The zero-order valence-corrected chi connectivity index (χ0v) is 17.4. The van der Waals surface area contributed by atoms with E-state index in [1.807, 2.05) is 18.2 Å². The van der Waals surface area contributed by atoms with Crippen LogP contribution < -0.4 is 10.2 Å². The third-order valence-electron chi connectivity index (χ3n) is 3.72. The van der Waals surface area contributed by atoms with Gasteiger partial charge in [-0.25, -0.2) is 4.90 Å². The Bertz CT molecular complexity index is 858. The zero-order chi connectivity index (χ0) is 18.7. The Hall–Kier alpha value is -1.64. The molecule has 1 heterocycles. The SMILES string of the molecule is O=C(CS[C@H]1CC(=O)N(c2cccc(Br)c2)C1=O)Nc1ccc(Br)cc1. The largest absolute Gasteiger partial charge is 0.325 e.